The standard InChI is InChI=1S/C16H22N2O2S/c1-3-10(2)18-15(19)8-13(16(18)20)17-9-12-7-11-5-4-6-14(11)21-12/h7,10,13,17H,3-6,8-9H2,1-2H3. The number of hydrogen-bond acceptors (Lipinski definition) is 4. The topological polar surface area (TPSA) is 49.4 Å². The van der Waals surface area contributed by atoms with Crippen molar-refractivity contribution in [1.82, 2.24) is 10.2 Å². The van der Waals surface area contributed by atoms with Crippen molar-refractivity contribution >= 4 is 23.2 Å². The van der Waals surface area contributed by atoms with Crippen LogP contribution in [0.1, 0.15) is 48.4 Å². The smallest absolute Gasteiger partial charge is 0.247 e. The van der Waals surface area contributed by atoms with Crippen LogP contribution in [0.3, 0.4) is 0 Å². The van der Waals surface area contributed by atoms with E-state index < -0.39 is 0 Å². The Morgan fingerprint density at radius 3 is 2.95 bits per heavy atom. The molecule has 1 saturated heterocycles. The van der Waals surface area contributed by atoms with Crippen molar-refractivity contribution in [3.05, 3.63) is 21.4 Å². The Hall–Kier alpha value is -1.20. The number of amides is 2. The lowest BCUT2D eigenvalue weighted by Crippen LogP contribution is -2.42. The molecule has 1 fully saturated rings. The molecule has 4 nitrogen and oxygen atoms in total. The first-order chi connectivity index (χ1) is 10.1. The van der Waals surface area contributed by atoms with Gasteiger partial charge in [-0.1, -0.05) is 6.92 Å². The largest absolute Gasteiger partial charge is 0.300 e. The van der Waals surface area contributed by atoms with Gasteiger partial charge in [0, 0.05) is 22.3 Å². The second kappa shape index (κ2) is 5.89. The van der Waals surface area contributed by atoms with Crippen molar-refractivity contribution in [1.29, 1.82) is 0 Å². The molecule has 1 aliphatic heterocycles. The zero-order chi connectivity index (χ0) is 15.0. The van der Waals surface area contributed by atoms with Crippen LogP contribution in [0, 0.1) is 0 Å². The molecule has 21 heavy (non-hydrogen) atoms. The summed E-state index contributed by atoms with van der Waals surface area (Å²) in [7, 11) is 0. The van der Waals surface area contributed by atoms with Crippen molar-refractivity contribution in [2.75, 3.05) is 0 Å². The van der Waals surface area contributed by atoms with Gasteiger partial charge in [-0.3, -0.25) is 14.5 Å². The number of nitrogens with one attached hydrogen (secondary N) is 1. The van der Waals surface area contributed by atoms with E-state index in [0.717, 1.165) is 6.42 Å². The van der Waals surface area contributed by atoms with E-state index in [0.29, 0.717) is 13.0 Å². The van der Waals surface area contributed by atoms with E-state index in [4.69, 9.17) is 0 Å². The summed E-state index contributed by atoms with van der Waals surface area (Å²) >= 11 is 1.85. The third kappa shape index (κ3) is 2.77. The molecule has 1 aliphatic carbocycles. The predicted octanol–water partition coefficient (Wildman–Crippen LogP) is 2.25. The highest BCUT2D eigenvalue weighted by Gasteiger charge is 2.40. The summed E-state index contributed by atoms with van der Waals surface area (Å²) in [4.78, 5) is 28.5. The number of rotatable bonds is 5. The zero-order valence-corrected chi connectivity index (χ0v) is 13.5. The summed E-state index contributed by atoms with van der Waals surface area (Å²) in [6.45, 7) is 4.62. The Morgan fingerprint density at radius 1 is 1.43 bits per heavy atom. The molecule has 5 heteroatoms. The molecule has 2 atom stereocenters. The van der Waals surface area contributed by atoms with Crippen molar-refractivity contribution in [3.63, 3.8) is 0 Å². The maximum atomic E-state index is 12.3. The Bertz CT molecular complexity index is 545. The molecule has 0 aromatic carbocycles. The van der Waals surface area contributed by atoms with Gasteiger partial charge in [0.05, 0.1) is 12.5 Å². The molecule has 1 aromatic rings. The first-order valence-electron chi connectivity index (χ1n) is 7.80. The van der Waals surface area contributed by atoms with Gasteiger partial charge in [0.1, 0.15) is 0 Å². The molecular weight excluding hydrogens is 284 g/mol. The van der Waals surface area contributed by atoms with Crippen molar-refractivity contribution in [3.8, 4) is 0 Å². The van der Waals surface area contributed by atoms with E-state index in [1.807, 2.05) is 25.2 Å². The van der Waals surface area contributed by atoms with Crippen molar-refractivity contribution in [2.45, 2.75) is 64.6 Å². The zero-order valence-electron chi connectivity index (χ0n) is 12.6. The maximum absolute atomic E-state index is 12.3. The first-order valence-corrected chi connectivity index (χ1v) is 8.61. The molecule has 1 N–H and O–H groups in total. The Kier molecular flexibility index (Phi) is 4.13. The number of hydrogen-bond donors (Lipinski definition) is 1. The number of imide groups is 1. The van der Waals surface area contributed by atoms with Crippen LogP contribution in [0.2, 0.25) is 0 Å². The number of fused-ring (bicyclic) bond motifs is 1. The highest BCUT2D eigenvalue weighted by atomic mass is 32.1. The number of likely N-dealkylation sites (tertiary alicyclic amines) is 1. The van der Waals surface area contributed by atoms with Gasteiger partial charge in [0.2, 0.25) is 11.8 Å². The van der Waals surface area contributed by atoms with E-state index in [-0.39, 0.29) is 23.9 Å². The fourth-order valence-electron chi connectivity index (χ4n) is 3.16. The highest BCUT2D eigenvalue weighted by molar-refractivity contribution is 7.12. The first kappa shape index (κ1) is 14.7. The van der Waals surface area contributed by atoms with Gasteiger partial charge in [-0.2, -0.15) is 0 Å². The molecule has 0 saturated carbocycles. The highest BCUT2D eigenvalue weighted by Crippen LogP contribution is 2.30. The van der Waals surface area contributed by atoms with E-state index in [9.17, 15) is 9.59 Å². The fraction of sp³-hybridized carbons (Fsp3) is 0.625. The molecule has 1 aromatic heterocycles. The molecule has 2 unspecified atom stereocenters. The van der Waals surface area contributed by atoms with Crippen LogP contribution in [-0.2, 0) is 29.0 Å². The van der Waals surface area contributed by atoms with Crippen LogP contribution in [0.25, 0.3) is 0 Å². The number of nitrogens with zero attached hydrogens (tertiary/aromatic N) is 1. The second-order valence-electron chi connectivity index (χ2n) is 6.01. The monoisotopic (exact) mass is 306 g/mol. The van der Waals surface area contributed by atoms with E-state index in [2.05, 4.69) is 11.4 Å². The quantitative estimate of drug-likeness (QED) is 0.849. The number of thiophene rings is 1. The second-order valence-corrected chi connectivity index (χ2v) is 7.23. The van der Waals surface area contributed by atoms with Crippen LogP contribution in [0.15, 0.2) is 6.07 Å². The molecule has 3 rings (SSSR count). The Labute approximate surface area is 129 Å². The van der Waals surface area contributed by atoms with Crippen LogP contribution >= 0.6 is 11.3 Å². The average molecular weight is 306 g/mol. The number of carbonyl (C=O) groups excluding carboxylic acids is 2. The summed E-state index contributed by atoms with van der Waals surface area (Å²) in [5, 5.41) is 3.27. The Balaban J connectivity index is 1.60. The van der Waals surface area contributed by atoms with Gasteiger partial charge < -0.3 is 5.32 Å². The van der Waals surface area contributed by atoms with E-state index in [1.54, 1.807) is 0 Å². The van der Waals surface area contributed by atoms with Crippen molar-refractivity contribution in [2.24, 2.45) is 0 Å². The fourth-order valence-corrected chi connectivity index (χ4v) is 4.37. The minimum atomic E-state index is -0.344. The van der Waals surface area contributed by atoms with Gasteiger partial charge in [0.15, 0.2) is 0 Å². The lowest BCUT2D eigenvalue weighted by Gasteiger charge is -2.21. The van der Waals surface area contributed by atoms with Crippen molar-refractivity contribution < 1.29 is 9.59 Å². The molecule has 0 radical (unpaired) electrons. The Morgan fingerprint density at radius 2 is 2.24 bits per heavy atom. The summed E-state index contributed by atoms with van der Waals surface area (Å²) in [5.74, 6) is -0.0982. The van der Waals surface area contributed by atoms with E-state index >= 15 is 0 Å². The van der Waals surface area contributed by atoms with Gasteiger partial charge >= 0.3 is 0 Å². The van der Waals surface area contributed by atoms with Gasteiger partial charge in [-0.05, 0) is 44.2 Å². The molecule has 2 heterocycles. The summed E-state index contributed by atoms with van der Waals surface area (Å²) in [6, 6.07) is 1.92. The van der Waals surface area contributed by atoms with Gasteiger partial charge in [-0.15, -0.1) is 11.3 Å². The van der Waals surface area contributed by atoms with Gasteiger partial charge in [-0.25, -0.2) is 0 Å². The maximum Gasteiger partial charge on any atom is 0.247 e. The molecule has 2 amide bonds. The molecule has 2 aliphatic rings. The van der Waals surface area contributed by atoms with E-state index in [1.165, 1.54) is 39.5 Å². The van der Waals surface area contributed by atoms with Crippen LogP contribution in [0.4, 0.5) is 0 Å². The number of carbonyl (C=O) groups is 2. The molecule has 114 valence electrons. The SMILES string of the molecule is CCC(C)N1C(=O)CC(NCc2cc3c(s2)CCC3)C1=O. The lowest BCUT2D eigenvalue weighted by molar-refractivity contribution is -0.141. The van der Waals surface area contributed by atoms with Crippen LogP contribution < -0.4 is 5.32 Å². The molecular formula is C16H22N2O2S. The molecule has 0 bridgehead atoms. The summed E-state index contributed by atoms with van der Waals surface area (Å²) in [6.07, 6.45) is 4.77. The number of aryl methyl sites for hydroxylation is 2. The summed E-state index contributed by atoms with van der Waals surface area (Å²) in [5.41, 5.74) is 1.48. The lowest BCUT2D eigenvalue weighted by atomic mass is 10.2. The predicted molar refractivity (Wildman–Crippen MR) is 83.2 cm³/mol. The summed E-state index contributed by atoms with van der Waals surface area (Å²) < 4.78 is 0. The van der Waals surface area contributed by atoms with Gasteiger partial charge in [0.25, 0.3) is 0 Å². The van der Waals surface area contributed by atoms with Crippen LogP contribution in [0.5, 0.6) is 0 Å². The third-order valence-corrected chi connectivity index (χ3v) is 5.77. The normalized spacial score (nSPS) is 23.0. The molecule has 0 spiro atoms. The third-order valence-electron chi connectivity index (χ3n) is 4.53. The van der Waals surface area contributed by atoms with Crippen LogP contribution in [-0.4, -0.2) is 28.8 Å². The minimum Gasteiger partial charge on any atom is -0.300 e. The minimum absolute atomic E-state index is 0.00217. The average Bonchev–Trinajstić information content (AvgIpc) is 3.10.